The number of benzene rings is 2. The quantitative estimate of drug-likeness (QED) is 0.738. The highest BCUT2D eigenvalue weighted by molar-refractivity contribution is 6.30. The molecule has 2 aromatic carbocycles. The largest absolute Gasteiger partial charge is 0.488 e. The van der Waals surface area contributed by atoms with Gasteiger partial charge >= 0.3 is 0 Å². The summed E-state index contributed by atoms with van der Waals surface area (Å²) in [6, 6.07) is 13.2. The molecule has 0 radical (unpaired) electrons. The minimum absolute atomic E-state index is 0.485. The van der Waals surface area contributed by atoms with Gasteiger partial charge in [-0.1, -0.05) is 23.7 Å². The Hall–Kier alpha value is -2.26. The molecule has 0 aliphatic carbocycles. The highest BCUT2D eigenvalue weighted by atomic mass is 35.5. The molecular formula is C16H13ClN2O. The zero-order chi connectivity index (χ0) is 13.9. The molecule has 0 unspecified atom stereocenters. The van der Waals surface area contributed by atoms with Crippen LogP contribution in [0.25, 0.3) is 10.8 Å². The molecule has 3 rings (SSSR count). The fourth-order valence-corrected chi connectivity index (χ4v) is 2.18. The van der Waals surface area contributed by atoms with Gasteiger partial charge in [-0.25, -0.2) is 0 Å². The van der Waals surface area contributed by atoms with Crippen LogP contribution in [0.5, 0.6) is 5.75 Å². The number of rotatable bonds is 3. The number of nitrogen functional groups attached to an aromatic ring is 1. The molecule has 0 amide bonds. The molecular weight excluding hydrogens is 272 g/mol. The summed E-state index contributed by atoms with van der Waals surface area (Å²) in [5.41, 5.74) is 7.70. The highest BCUT2D eigenvalue weighted by Gasteiger charge is 2.05. The molecule has 3 nitrogen and oxygen atoms in total. The van der Waals surface area contributed by atoms with E-state index >= 15 is 0 Å². The first kappa shape index (κ1) is 12.8. The van der Waals surface area contributed by atoms with Gasteiger partial charge < -0.3 is 10.5 Å². The van der Waals surface area contributed by atoms with E-state index < -0.39 is 0 Å². The van der Waals surface area contributed by atoms with Gasteiger partial charge in [-0.15, -0.1) is 0 Å². The Kier molecular flexibility index (Phi) is 3.44. The van der Waals surface area contributed by atoms with Crippen molar-refractivity contribution in [2.24, 2.45) is 0 Å². The first-order chi connectivity index (χ1) is 9.74. The molecule has 3 aromatic rings. The standard InChI is InChI=1S/C16H13ClN2O/c17-12-3-1-11(2-4-12)10-20-16-6-5-15(18)14-9-19-8-7-13(14)16/h1-9H,10,18H2. The van der Waals surface area contributed by atoms with Gasteiger partial charge in [0.1, 0.15) is 12.4 Å². The highest BCUT2D eigenvalue weighted by Crippen LogP contribution is 2.29. The summed E-state index contributed by atoms with van der Waals surface area (Å²) >= 11 is 5.86. The number of halogens is 1. The second-order valence-corrected chi connectivity index (χ2v) is 4.93. The zero-order valence-corrected chi connectivity index (χ0v) is 11.5. The van der Waals surface area contributed by atoms with Crippen LogP contribution >= 0.6 is 11.6 Å². The number of pyridine rings is 1. The van der Waals surface area contributed by atoms with E-state index in [9.17, 15) is 0 Å². The first-order valence-electron chi connectivity index (χ1n) is 6.23. The Bertz CT molecular complexity index is 741. The number of fused-ring (bicyclic) bond motifs is 1. The topological polar surface area (TPSA) is 48.1 Å². The van der Waals surface area contributed by atoms with E-state index in [2.05, 4.69) is 4.98 Å². The summed E-state index contributed by atoms with van der Waals surface area (Å²) in [7, 11) is 0. The number of nitrogens with zero attached hydrogens (tertiary/aromatic N) is 1. The third-order valence-corrected chi connectivity index (χ3v) is 3.37. The van der Waals surface area contributed by atoms with Crippen molar-refractivity contribution >= 4 is 28.1 Å². The van der Waals surface area contributed by atoms with Gasteiger partial charge in [-0.2, -0.15) is 0 Å². The predicted octanol–water partition coefficient (Wildman–Crippen LogP) is 4.05. The summed E-state index contributed by atoms with van der Waals surface area (Å²) < 4.78 is 5.87. The van der Waals surface area contributed by atoms with Crippen molar-refractivity contribution in [2.75, 3.05) is 5.73 Å². The molecule has 0 fully saturated rings. The van der Waals surface area contributed by atoms with Gasteiger partial charge in [0.15, 0.2) is 0 Å². The molecule has 0 aliphatic heterocycles. The maximum atomic E-state index is 5.94. The van der Waals surface area contributed by atoms with Gasteiger partial charge in [0, 0.05) is 33.9 Å². The van der Waals surface area contributed by atoms with Crippen LogP contribution in [-0.4, -0.2) is 4.98 Å². The average molecular weight is 285 g/mol. The molecule has 20 heavy (non-hydrogen) atoms. The van der Waals surface area contributed by atoms with Crippen molar-refractivity contribution < 1.29 is 4.74 Å². The molecule has 1 aromatic heterocycles. The van der Waals surface area contributed by atoms with Crippen LogP contribution in [0, 0.1) is 0 Å². The van der Waals surface area contributed by atoms with Crippen molar-refractivity contribution in [3.8, 4) is 5.75 Å². The van der Waals surface area contributed by atoms with Crippen LogP contribution < -0.4 is 10.5 Å². The fraction of sp³-hybridized carbons (Fsp3) is 0.0625. The van der Waals surface area contributed by atoms with Gasteiger partial charge in [-0.05, 0) is 35.9 Å². The lowest BCUT2D eigenvalue weighted by molar-refractivity contribution is 0.310. The molecule has 100 valence electrons. The molecule has 0 spiro atoms. The Morgan fingerprint density at radius 1 is 1.00 bits per heavy atom. The van der Waals surface area contributed by atoms with Crippen molar-refractivity contribution in [2.45, 2.75) is 6.61 Å². The van der Waals surface area contributed by atoms with E-state index in [1.165, 1.54) is 0 Å². The third kappa shape index (κ3) is 2.53. The predicted molar refractivity (Wildman–Crippen MR) is 81.9 cm³/mol. The van der Waals surface area contributed by atoms with Crippen LogP contribution in [0.4, 0.5) is 5.69 Å². The average Bonchev–Trinajstić information content (AvgIpc) is 2.49. The molecule has 0 saturated heterocycles. The summed E-state index contributed by atoms with van der Waals surface area (Å²) in [5.74, 6) is 0.798. The normalized spacial score (nSPS) is 10.7. The van der Waals surface area contributed by atoms with E-state index in [0.29, 0.717) is 12.3 Å². The van der Waals surface area contributed by atoms with Crippen LogP contribution in [0.1, 0.15) is 5.56 Å². The smallest absolute Gasteiger partial charge is 0.127 e. The molecule has 0 atom stereocenters. The lowest BCUT2D eigenvalue weighted by Crippen LogP contribution is -1.97. The van der Waals surface area contributed by atoms with E-state index in [1.54, 1.807) is 12.4 Å². The van der Waals surface area contributed by atoms with Crippen LogP contribution in [0.2, 0.25) is 5.02 Å². The Labute approximate surface area is 122 Å². The Morgan fingerprint density at radius 2 is 1.80 bits per heavy atom. The first-order valence-corrected chi connectivity index (χ1v) is 6.61. The van der Waals surface area contributed by atoms with Gasteiger partial charge in [0.25, 0.3) is 0 Å². The molecule has 1 heterocycles. The van der Waals surface area contributed by atoms with Crippen molar-refractivity contribution in [1.82, 2.24) is 4.98 Å². The maximum Gasteiger partial charge on any atom is 0.127 e. The Balaban J connectivity index is 1.88. The fourth-order valence-electron chi connectivity index (χ4n) is 2.05. The van der Waals surface area contributed by atoms with Crippen molar-refractivity contribution in [3.63, 3.8) is 0 Å². The molecule has 0 saturated carbocycles. The van der Waals surface area contributed by atoms with Crippen LogP contribution in [-0.2, 0) is 6.61 Å². The number of hydrogen-bond donors (Lipinski definition) is 1. The number of nitrogens with two attached hydrogens (primary N) is 1. The third-order valence-electron chi connectivity index (χ3n) is 3.12. The van der Waals surface area contributed by atoms with Gasteiger partial charge in [0.2, 0.25) is 0 Å². The Morgan fingerprint density at radius 3 is 2.60 bits per heavy atom. The van der Waals surface area contributed by atoms with Gasteiger partial charge in [-0.3, -0.25) is 4.98 Å². The van der Waals surface area contributed by atoms with Crippen molar-refractivity contribution in [1.29, 1.82) is 0 Å². The number of aromatic nitrogens is 1. The second kappa shape index (κ2) is 5.39. The van der Waals surface area contributed by atoms with E-state index in [4.69, 9.17) is 22.1 Å². The lowest BCUT2D eigenvalue weighted by atomic mass is 10.1. The number of anilines is 1. The number of ether oxygens (including phenoxy) is 1. The van der Waals surface area contributed by atoms with Crippen LogP contribution in [0.3, 0.4) is 0 Å². The maximum absolute atomic E-state index is 5.94. The SMILES string of the molecule is Nc1ccc(OCc2ccc(Cl)cc2)c2ccncc12. The van der Waals surface area contributed by atoms with E-state index in [1.807, 2.05) is 42.5 Å². The monoisotopic (exact) mass is 284 g/mol. The lowest BCUT2D eigenvalue weighted by Gasteiger charge is -2.10. The molecule has 0 bridgehead atoms. The summed E-state index contributed by atoms with van der Waals surface area (Å²) in [4.78, 5) is 4.09. The van der Waals surface area contributed by atoms with E-state index in [0.717, 1.165) is 27.1 Å². The summed E-state index contributed by atoms with van der Waals surface area (Å²) in [6.07, 6.45) is 3.48. The zero-order valence-electron chi connectivity index (χ0n) is 10.7. The second-order valence-electron chi connectivity index (χ2n) is 4.49. The van der Waals surface area contributed by atoms with E-state index in [-0.39, 0.29) is 0 Å². The summed E-state index contributed by atoms with van der Waals surface area (Å²) in [6.45, 7) is 0.485. The minimum Gasteiger partial charge on any atom is -0.488 e. The van der Waals surface area contributed by atoms with Crippen LogP contribution in [0.15, 0.2) is 54.9 Å². The number of hydrogen-bond acceptors (Lipinski definition) is 3. The minimum atomic E-state index is 0.485. The molecule has 0 aliphatic rings. The molecule has 4 heteroatoms. The summed E-state index contributed by atoms with van der Waals surface area (Å²) in [5, 5.41) is 2.59. The van der Waals surface area contributed by atoms with Gasteiger partial charge in [0.05, 0.1) is 0 Å². The van der Waals surface area contributed by atoms with Crippen molar-refractivity contribution in [3.05, 3.63) is 65.4 Å². The molecule has 2 N–H and O–H groups in total.